The van der Waals surface area contributed by atoms with E-state index in [-0.39, 0.29) is 18.5 Å². The SMILES string of the molecule is C[C@H](N)c1ccc(N2CCCN(CCO)CC2)c(F)c1. The van der Waals surface area contributed by atoms with Gasteiger partial charge < -0.3 is 15.7 Å². The van der Waals surface area contributed by atoms with E-state index < -0.39 is 0 Å². The van der Waals surface area contributed by atoms with Gasteiger partial charge in [0.05, 0.1) is 12.3 Å². The lowest BCUT2D eigenvalue weighted by Crippen LogP contribution is -2.32. The molecule has 3 N–H and O–H groups in total. The van der Waals surface area contributed by atoms with Crippen molar-refractivity contribution in [2.75, 3.05) is 44.2 Å². The number of hydrogen-bond acceptors (Lipinski definition) is 4. The van der Waals surface area contributed by atoms with Gasteiger partial charge in [0.1, 0.15) is 5.82 Å². The van der Waals surface area contributed by atoms with Crippen LogP contribution in [0.5, 0.6) is 0 Å². The summed E-state index contributed by atoms with van der Waals surface area (Å²) in [4.78, 5) is 4.30. The molecule has 1 aliphatic rings. The maximum atomic E-state index is 14.2. The third kappa shape index (κ3) is 3.69. The van der Waals surface area contributed by atoms with Crippen molar-refractivity contribution < 1.29 is 9.50 Å². The first-order valence-electron chi connectivity index (χ1n) is 7.25. The summed E-state index contributed by atoms with van der Waals surface area (Å²) in [6.07, 6.45) is 0.981. The molecule has 112 valence electrons. The summed E-state index contributed by atoms with van der Waals surface area (Å²) in [7, 11) is 0. The highest BCUT2D eigenvalue weighted by Gasteiger charge is 2.17. The van der Waals surface area contributed by atoms with Gasteiger partial charge in [-0.3, -0.25) is 4.90 Å². The van der Waals surface area contributed by atoms with E-state index in [1.54, 1.807) is 0 Å². The van der Waals surface area contributed by atoms with Crippen LogP contribution in [0, 0.1) is 5.82 Å². The molecule has 0 unspecified atom stereocenters. The van der Waals surface area contributed by atoms with E-state index in [2.05, 4.69) is 9.80 Å². The molecule has 20 heavy (non-hydrogen) atoms. The van der Waals surface area contributed by atoms with Crippen LogP contribution in [0.4, 0.5) is 10.1 Å². The standard InChI is InChI=1S/C15H24FN3O/c1-12(17)13-3-4-15(14(16)11-13)19-6-2-5-18(7-8-19)9-10-20/h3-4,11-12,20H,2,5-10,17H2,1H3/t12-/m0/s1. The molecule has 1 saturated heterocycles. The fraction of sp³-hybridized carbons (Fsp3) is 0.600. The summed E-state index contributed by atoms with van der Waals surface area (Å²) in [5.41, 5.74) is 7.25. The average molecular weight is 281 g/mol. The van der Waals surface area contributed by atoms with E-state index in [0.717, 1.165) is 38.2 Å². The van der Waals surface area contributed by atoms with Crippen molar-refractivity contribution in [1.29, 1.82) is 0 Å². The maximum absolute atomic E-state index is 14.2. The van der Waals surface area contributed by atoms with Crippen LogP contribution in [-0.4, -0.2) is 49.3 Å². The molecule has 1 atom stereocenters. The number of nitrogens with zero attached hydrogens (tertiary/aromatic N) is 2. The molecule has 0 aliphatic carbocycles. The van der Waals surface area contributed by atoms with E-state index in [9.17, 15) is 4.39 Å². The van der Waals surface area contributed by atoms with Gasteiger partial charge in [0.25, 0.3) is 0 Å². The van der Waals surface area contributed by atoms with Gasteiger partial charge in [-0.2, -0.15) is 0 Å². The van der Waals surface area contributed by atoms with Crippen LogP contribution < -0.4 is 10.6 Å². The second kappa shape index (κ2) is 7.02. The smallest absolute Gasteiger partial charge is 0.146 e. The highest BCUT2D eigenvalue weighted by molar-refractivity contribution is 5.49. The van der Waals surface area contributed by atoms with Crippen LogP contribution in [0.1, 0.15) is 24.9 Å². The number of anilines is 1. The fourth-order valence-corrected chi connectivity index (χ4v) is 2.64. The van der Waals surface area contributed by atoms with Crippen molar-refractivity contribution in [3.63, 3.8) is 0 Å². The zero-order chi connectivity index (χ0) is 14.5. The lowest BCUT2D eigenvalue weighted by atomic mass is 10.1. The first-order chi connectivity index (χ1) is 9.61. The number of nitrogens with two attached hydrogens (primary N) is 1. The Morgan fingerprint density at radius 2 is 2.10 bits per heavy atom. The van der Waals surface area contributed by atoms with Crippen molar-refractivity contribution in [3.05, 3.63) is 29.6 Å². The highest BCUT2D eigenvalue weighted by Crippen LogP contribution is 2.23. The second-order valence-electron chi connectivity index (χ2n) is 5.41. The van der Waals surface area contributed by atoms with Crippen molar-refractivity contribution in [1.82, 2.24) is 4.90 Å². The normalized spacial score (nSPS) is 18.9. The van der Waals surface area contributed by atoms with Crippen LogP contribution >= 0.6 is 0 Å². The fourth-order valence-electron chi connectivity index (χ4n) is 2.64. The van der Waals surface area contributed by atoms with Crippen molar-refractivity contribution in [3.8, 4) is 0 Å². The number of β-amino-alcohol motifs (C(OH)–C–C–N with tert-alkyl or cyclic N) is 1. The van der Waals surface area contributed by atoms with E-state index >= 15 is 0 Å². The summed E-state index contributed by atoms with van der Waals surface area (Å²) < 4.78 is 14.2. The van der Waals surface area contributed by atoms with Gasteiger partial charge in [-0.25, -0.2) is 4.39 Å². The van der Waals surface area contributed by atoms with Crippen molar-refractivity contribution in [2.24, 2.45) is 5.73 Å². The van der Waals surface area contributed by atoms with Gasteiger partial charge in [-0.15, -0.1) is 0 Å². The number of aliphatic hydroxyl groups excluding tert-OH is 1. The van der Waals surface area contributed by atoms with Crippen LogP contribution in [0.2, 0.25) is 0 Å². The molecule has 0 amide bonds. The minimum atomic E-state index is -0.199. The number of aliphatic hydroxyl groups is 1. The maximum Gasteiger partial charge on any atom is 0.146 e. The Morgan fingerprint density at radius 1 is 1.30 bits per heavy atom. The second-order valence-corrected chi connectivity index (χ2v) is 5.41. The molecule has 0 aromatic heterocycles. The molecule has 1 aromatic rings. The quantitative estimate of drug-likeness (QED) is 0.875. The van der Waals surface area contributed by atoms with E-state index in [1.165, 1.54) is 6.07 Å². The summed E-state index contributed by atoms with van der Waals surface area (Å²) in [6, 6.07) is 5.12. The van der Waals surface area contributed by atoms with Crippen molar-refractivity contribution >= 4 is 5.69 Å². The molecule has 5 heteroatoms. The molecule has 0 bridgehead atoms. The Morgan fingerprint density at radius 3 is 2.75 bits per heavy atom. The first-order valence-corrected chi connectivity index (χ1v) is 7.25. The van der Waals surface area contributed by atoms with E-state index in [4.69, 9.17) is 10.8 Å². The third-order valence-corrected chi connectivity index (χ3v) is 3.84. The predicted molar refractivity (Wildman–Crippen MR) is 79.4 cm³/mol. The van der Waals surface area contributed by atoms with E-state index in [0.29, 0.717) is 12.2 Å². The minimum absolute atomic E-state index is 0.150. The summed E-state index contributed by atoms with van der Waals surface area (Å²) >= 11 is 0. The molecule has 0 saturated carbocycles. The zero-order valence-electron chi connectivity index (χ0n) is 12.1. The lowest BCUT2D eigenvalue weighted by Gasteiger charge is -2.24. The van der Waals surface area contributed by atoms with Gasteiger partial charge in [-0.05, 0) is 37.6 Å². The Labute approximate surface area is 120 Å². The molecular formula is C15H24FN3O. The molecule has 2 rings (SSSR count). The van der Waals surface area contributed by atoms with Gasteiger partial charge in [0.2, 0.25) is 0 Å². The Hall–Kier alpha value is -1.17. The highest BCUT2D eigenvalue weighted by atomic mass is 19.1. The largest absolute Gasteiger partial charge is 0.395 e. The molecule has 0 radical (unpaired) electrons. The summed E-state index contributed by atoms with van der Waals surface area (Å²) in [5, 5.41) is 8.99. The molecule has 4 nitrogen and oxygen atoms in total. The summed E-state index contributed by atoms with van der Waals surface area (Å²) in [6.45, 7) is 6.17. The van der Waals surface area contributed by atoms with Crippen LogP contribution in [0.25, 0.3) is 0 Å². The van der Waals surface area contributed by atoms with Gasteiger partial charge in [0, 0.05) is 32.2 Å². The third-order valence-electron chi connectivity index (χ3n) is 3.84. The Kier molecular flexibility index (Phi) is 5.34. The predicted octanol–water partition coefficient (Wildman–Crippen LogP) is 1.35. The van der Waals surface area contributed by atoms with Crippen LogP contribution in [0.3, 0.4) is 0 Å². The monoisotopic (exact) mass is 281 g/mol. The average Bonchev–Trinajstić information content (AvgIpc) is 2.65. The molecular weight excluding hydrogens is 257 g/mol. The Balaban J connectivity index is 2.07. The zero-order valence-corrected chi connectivity index (χ0v) is 12.1. The molecule has 0 spiro atoms. The first kappa shape index (κ1) is 15.2. The van der Waals surface area contributed by atoms with Crippen molar-refractivity contribution in [2.45, 2.75) is 19.4 Å². The summed E-state index contributed by atoms with van der Waals surface area (Å²) in [5.74, 6) is -0.199. The van der Waals surface area contributed by atoms with Gasteiger partial charge in [0.15, 0.2) is 0 Å². The van der Waals surface area contributed by atoms with Gasteiger partial charge >= 0.3 is 0 Å². The number of hydrogen-bond donors (Lipinski definition) is 2. The lowest BCUT2D eigenvalue weighted by molar-refractivity contribution is 0.204. The molecule has 1 heterocycles. The number of benzene rings is 1. The van der Waals surface area contributed by atoms with Crippen LogP contribution in [0.15, 0.2) is 18.2 Å². The number of halogens is 1. The molecule has 1 aromatic carbocycles. The topological polar surface area (TPSA) is 52.7 Å². The molecule has 1 fully saturated rings. The molecule has 1 aliphatic heterocycles. The number of rotatable bonds is 4. The minimum Gasteiger partial charge on any atom is -0.395 e. The van der Waals surface area contributed by atoms with Crippen LogP contribution in [-0.2, 0) is 0 Å². The van der Waals surface area contributed by atoms with E-state index in [1.807, 2.05) is 19.1 Å². The van der Waals surface area contributed by atoms with Gasteiger partial charge in [-0.1, -0.05) is 6.07 Å². The Bertz CT molecular complexity index is 439.